The molecule has 0 rings (SSSR count). The molecule has 0 aromatic heterocycles. The Bertz CT molecular complexity index is 191. The van der Waals surface area contributed by atoms with Gasteiger partial charge in [0.05, 0.1) is 6.61 Å². The molecule has 0 aromatic rings. The summed E-state index contributed by atoms with van der Waals surface area (Å²) in [6.07, 6.45) is 6.73. The van der Waals surface area contributed by atoms with Crippen LogP contribution < -0.4 is 0 Å². The molecule has 0 spiro atoms. The number of carbonyl (C=O) groups excluding carboxylic acids is 1. The molecular weight excluding hydrogens is 180 g/mol. The second-order valence-corrected chi connectivity index (χ2v) is 3.44. The van der Waals surface area contributed by atoms with Gasteiger partial charge in [0, 0.05) is 6.42 Å². The van der Waals surface area contributed by atoms with E-state index in [0.29, 0.717) is 18.9 Å². The van der Waals surface area contributed by atoms with Crippen LogP contribution in [0.5, 0.6) is 0 Å². The van der Waals surface area contributed by atoms with Crippen LogP contribution in [0.25, 0.3) is 0 Å². The Morgan fingerprint density at radius 2 is 2.00 bits per heavy atom. The molecule has 0 fully saturated rings. The largest absolute Gasteiger partial charge is 0.508 e. The molecule has 0 saturated carbocycles. The number of hydrogen-bond acceptors (Lipinski definition) is 3. The Balaban J connectivity index is 3.23. The molecule has 3 nitrogen and oxygen atoms in total. The second kappa shape index (κ2) is 8.43. The van der Waals surface area contributed by atoms with E-state index in [4.69, 9.17) is 11.2 Å². The van der Waals surface area contributed by atoms with Crippen molar-refractivity contribution in [3.63, 3.8) is 0 Å². The summed E-state index contributed by atoms with van der Waals surface area (Å²) in [5, 5.41) is 0. The smallest absolute Gasteiger partial charge is 0.434 e. The van der Waals surface area contributed by atoms with Crippen molar-refractivity contribution in [3.8, 4) is 12.3 Å². The van der Waals surface area contributed by atoms with E-state index < -0.39 is 6.16 Å². The van der Waals surface area contributed by atoms with Crippen molar-refractivity contribution in [1.82, 2.24) is 0 Å². The van der Waals surface area contributed by atoms with Gasteiger partial charge >= 0.3 is 6.16 Å². The Morgan fingerprint density at radius 3 is 2.57 bits per heavy atom. The van der Waals surface area contributed by atoms with Gasteiger partial charge in [-0.25, -0.2) is 4.79 Å². The molecule has 0 aliphatic heterocycles. The molecule has 3 heteroatoms. The van der Waals surface area contributed by atoms with Crippen LogP contribution >= 0.6 is 0 Å². The third kappa shape index (κ3) is 8.92. The minimum absolute atomic E-state index is 0.236. The van der Waals surface area contributed by atoms with Gasteiger partial charge in [0.15, 0.2) is 0 Å². The molecule has 0 heterocycles. The SMILES string of the molecule is C#CCCOC(=O)OCCCC(C)C. The highest BCUT2D eigenvalue weighted by Crippen LogP contribution is 2.03. The molecule has 0 saturated heterocycles. The molecule has 80 valence electrons. The highest BCUT2D eigenvalue weighted by atomic mass is 16.7. The lowest BCUT2D eigenvalue weighted by molar-refractivity contribution is 0.0551. The van der Waals surface area contributed by atoms with Crippen molar-refractivity contribution in [1.29, 1.82) is 0 Å². The quantitative estimate of drug-likeness (QED) is 0.374. The van der Waals surface area contributed by atoms with E-state index in [-0.39, 0.29) is 6.61 Å². The fraction of sp³-hybridized carbons (Fsp3) is 0.727. The first kappa shape index (κ1) is 12.8. The standard InChI is InChI=1S/C11H18O3/c1-4-5-8-13-11(12)14-9-6-7-10(2)3/h1,10H,5-9H2,2-3H3. The van der Waals surface area contributed by atoms with Crippen LogP contribution in [0.15, 0.2) is 0 Å². The first-order valence-electron chi connectivity index (χ1n) is 4.89. The number of hydrogen-bond donors (Lipinski definition) is 0. The topological polar surface area (TPSA) is 35.5 Å². The van der Waals surface area contributed by atoms with Gasteiger partial charge in [-0.15, -0.1) is 12.3 Å². The van der Waals surface area contributed by atoms with Crippen LogP contribution in [-0.4, -0.2) is 19.4 Å². The van der Waals surface area contributed by atoms with Crippen LogP contribution in [0.3, 0.4) is 0 Å². The molecule has 0 aliphatic carbocycles. The number of ether oxygens (including phenoxy) is 2. The summed E-state index contributed by atoms with van der Waals surface area (Å²) in [4.78, 5) is 10.8. The highest BCUT2D eigenvalue weighted by Gasteiger charge is 2.02. The van der Waals surface area contributed by atoms with Crippen molar-refractivity contribution in [2.75, 3.05) is 13.2 Å². The molecule has 0 aliphatic rings. The van der Waals surface area contributed by atoms with Crippen LogP contribution in [0.2, 0.25) is 0 Å². The van der Waals surface area contributed by atoms with Crippen molar-refractivity contribution in [2.45, 2.75) is 33.1 Å². The zero-order chi connectivity index (χ0) is 10.8. The van der Waals surface area contributed by atoms with Gasteiger partial charge in [0.25, 0.3) is 0 Å². The molecule has 0 N–H and O–H groups in total. The highest BCUT2D eigenvalue weighted by molar-refractivity contribution is 5.59. The van der Waals surface area contributed by atoms with E-state index in [1.54, 1.807) is 0 Å². The number of carbonyl (C=O) groups is 1. The number of terminal acetylenes is 1. The van der Waals surface area contributed by atoms with Gasteiger partial charge in [0.1, 0.15) is 6.61 Å². The van der Waals surface area contributed by atoms with E-state index >= 15 is 0 Å². The normalized spacial score (nSPS) is 9.57. The van der Waals surface area contributed by atoms with E-state index in [1.807, 2.05) is 0 Å². The average Bonchev–Trinajstić information content (AvgIpc) is 2.13. The molecule has 0 atom stereocenters. The molecule has 14 heavy (non-hydrogen) atoms. The summed E-state index contributed by atoms with van der Waals surface area (Å²) in [5.41, 5.74) is 0. The van der Waals surface area contributed by atoms with Gasteiger partial charge < -0.3 is 9.47 Å². The first-order valence-corrected chi connectivity index (χ1v) is 4.89. The first-order chi connectivity index (χ1) is 6.66. The van der Waals surface area contributed by atoms with Crippen molar-refractivity contribution in [2.24, 2.45) is 5.92 Å². The lowest BCUT2D eigenvalue weighted by Crippen LogP contribution is -2.09. The number of rotatable bonds is 6. The summed E-state index contributed by atoms with van der Waals surface area (Å²) in [7, 11) is 0. The van der Waals surface area contributed by atoms with E-state index in [2.05, 4.69) is 24.5 Å². The monoisotopic (exact) mass is 198 g/mol. The van der Waals surface area contributed by atoms with Gasteiger partial charge in [-0.2, -0.15) is 0 Å². The van der Waals surface area contributed by atoms with Crippen LogP contribution in [0.4, 0.5) is 4.79 Å². The fourth-order valence-corrected chi connectivity index (χ4v) is 0.882. The summed E-state index contributed by atoms with van der Waals surface area (Å²) >= 11 is 0. The van der Waals surface area contributed by atoms with Crippen LogP contribution in [0, 0.1) is 18.3 Å². The predicted octanol–water partition coefficient (Wildman–Crippen LogP) is 2.60. The minimum atomic E-state index is -0.621. The van der Waals surface area contributed by atoms with E-state index in [0.717, 1.165) is 12.8 Å². The van der Waals surface area contributed by atoms with Crippen molar-refractivity contribution in [3.05, 3.63) is 0 Å². The summed E-state index contributed by atoms with van der Waals surface area (Å²) in [5.74, 6) is 3.01. The predicted molar refractivity (Wildman–Crippen MR) is 54.8 cm³/mol. The maximum atomic E-state index is 10.8. The van der Waals surface area contributed by atoms with Gasteiger partial charge in [-0.05, 0) is 18.8 Å². The van der Waals surface area contributed by atoms with E-state index in [1.165, 1.54) is 0 Å². The maximum absolute atomic E-state index is 10.8. The average molecular weight is 198 g/mol. The Labute approximate surface area is 85.8 Å². The lowest BCUT2D eigenvalue weighted by Gasteiger charge is -2.06. The summed E-state index contributed by atoms with van der Waals surface area (Å²) < 4.78 is 9.50. The van der Waals surface area contributed by atoms with Crippen molar-refractivity contribution < 1.29 is 14.3 Å². The fourth-order valence-electron chi connectivity index (χ4n) is 0.882. The van der Waals surface area contributed by atoms with Crippen LogP contribution in [0.1, 0.15) is 33.1 Å². The molecular formula is C11H18O3. The van der Waals surface area contributed by atoms with Gasteiger partial charge in [-0.1, -0.05) is 13.8 Å². The zero-order valence-electron chi connectivity index (χ0n) is 8.91. The molecule has 0 aromatic carbocycles. The minimum Gasteiger partial charge on any atom is -0.434 e. The molecule has 0 radical (unpaired) electrons. The maximum Gasteiger partial charge on any atom is 0.508 e. The van der Waals surface area contributed by atoms with Gasteiger partial charge in [0.2, 0.25) is 0 Å². The Hall–Kier alpha value is -1.17. The molecule has 0 amide bonds. The summed E-state index contributed by atoms with van der Waals surface area (Å²) in [6.45, 7) is 4.92. The lowest BCUT2D eigenvalue weighted by atomic mass is 10.1. The van der Waals surface area contributed by atoms with Crippen LogP contribution in [-0.2, 0) is 9.47 Å². The zero-order valence-corrected chi connectivity index (χ0v) is 8.91. The summed E-state index contributed by atoms with van der Waals surface area (Å²) in [6, 6.07) is 0. The Morgan fingerprint density at radius 1 is 1.36 bits per heavy atom. The second-order valence-electron chi connectivity index (χ2n) is 3.44. The third-order valence-electron chi connectivity index (χ3n) is 1.61. The Kier molecular flexibility index (Phi) is 7.72. The van der Waals surface area contributed by atoms with Crippen molar-refractivity contribution >= 4 is 6.16 Å². The molecule has 0 unspecified atom stereocenters. The molecule has 0 bridgehead atoms. The van der Waals surface area contributed by atoms with Gasteiger partial charge in [-0.3, -0.25) is 0 Å². The third-order valence-corrected chi connectivity index (χ3v) is 1.61. The van der Waals surface area contributed by atoms with E-state index in [9.17, 15) is 4.79 Å².